The Morgan fingerprint density at radius 2 is 1.63 bits per heavy atom. The number of ketones is 1. The summed E-state index contributed by atoms with van der Waals surface area (Å²) in [5.41, 5.74) is 2.03. The Morgan fingerprint density at radius 1 is 1.00 bits per heavy atom. The first-order valence-electron chi connectivity index (χ1n) is 8.52. The van der Waals surface area contributed by atoms with Gasteiger partial charge in [0.15, 0.2) is 0 Å². The fraction of sp³-hybridized carbons (Fsp3) is 0.190. The number of aliphatic hydroxyl groups is 1. The number of Topliss-reactive ketones (excluding diaryl/α,β-unsaturated/α-hetero) is 1. The molecule has 1 aliphatic rings. The van der Waals surface area contributed by atoms with E-state index >= 15 is 0 Å². The van der Waals surface area contributed by atoms with E-state index < -0.39 is 23.7 Å². The second kappa shape index (κ2) is 7.45. The van der Waals surface area contributed by atoms with E-state index in [1.807, 2.05) is 6.92 Å². The summed E-state index contributed by atoms with van der Waals surface area (Å²) in [6.45, 7) is 1.78. The molecule has 0 spiro atoms. The molecule has 0 aliphatic carbocycles. The molecular weight excluding hydrogens is 346 g/mol. The lowest BCUT2D eigenvalue weighted by Gasteiger charge is -2.24. The van der Waals surface area contributed by atoms with E-state index in [4.69, 9.17) is 5.11 Å². The Bertz CT molecular complexity index is 915. The van der Waals surface area contributed by atoms with E-state index in [-0.39, 0.29) is 24.3 Å². The minimum Gasteiger partial charge on any atom is -0.507 e. The van der Waals surface area contributed by atoms with Crippen LogP contribution in [0, 0.1) is 6.92 Å². The number of carboxylic acids is 1. The van der Waals surface area contributed by atoms with Crippen molar-refractivity contribution in [3.05, 3.63) is 76.9 Å². The zero-order valence-corrected chi connectivity index (χ0v) is 14.8. The fourth-order valence-electron chi connectivity index (χ4n) is 3.18. The van der Waals surface area contributed by atoms with Crippen LogP contribution in [0.5, 0.6) is 0 Å². The highest BCUT2D eigenvalue weighted by Crippen LogP contribution is 2.39. The Labute approximate surface area is 156 Å². The molecule has 2 aromatic rings. The van der Waals surface area contributed by atoms with Crippen molar-refractivity contribution < 1.29 is 24.6 Å². The van der Waals surface area contributed by atoms with Crippen molar-refractivity contribution in [2.45, 2.75) is 19.4 Å². The maximum atomic E-state index is 12.7. The number of aryl methyl sites for hydroxylation is 1. The highest BCUT2D eigenvalue weighted by atomic mass is 16.4. The first-order chi connectivity index (χ1) is 12.9. The quantitative estimate of drug-likeness (QED) is 0.483. The number of likely N-dealkylation sites (tertiary alicyclic amines) is 1. The first kappa shape index (κ1) is 18.4. The average molecular weight is 365 g/mol. The van der Waals surface area contributed by atoms with Crippen molar-refractivity contribution in [1.82, 2.24) is 4.90 Å². The SMILES string of the molecule is Cc1ccc(C(O)=C2C(=O)C(=O)N(CCC(=O)O)[C@@H]2c2ccccc2)cc1. The smallest absolute Gasteiger partial charge is 0.305 e. The van der Waals surface area contributed by atoms with Crippen LogP contribution in [0.3, 0.4) is 0 Å². The van der Waals surface area contributed by atoms with Crippen molar-refractivity contribution in [1.29, 1.82) is 0 Å². The van der Waals surface area contributed by atoms with Gasteiger partial charge in [0.2, 0.25) is 0 Å². The van der Waals surface area contributed by atoms with Gasteiger partial charge in [0.05, 0.1) is 18.0 Å². The molecule has 1 aliphatic heterocycles. The minimum atomic E-state index is -1.07. The van der Waals surface area contributed by atoms with Gasteiger partial charge in [0, 0.05) is 12.1 Å². The molecule has 1 atom stereocenters. The molecular formula is C21H19NO5. The number of aliphatic carboxylic acids is 1. The standard InChI is InChI=1S/C21H19NO5/c1-13-7-9-15(10-8-13)19(25)17-18(14-5-3-2-4-6-14)22(12-11-16(23)24)21(27)20(17)26/h2-10,18,25H,11-12H2,1H3,(H,23,24)/t18-/m1/s1. The van der Waals surface area contributed by atoms with Crippen LogP contribution in [0.4, 0.5) is 0 Å². The summed E-state index contributed by atoms with van der Waals surface area (Å²) in [6, 6.07) is 14.9. The molecule has 2 N–H and O–H groups in total. The van der Waals surface area contributed by atoms with Crippen LogP contribution in [0.25, 0.3) is 5.76 Å². The third kappa shape index (κ3) is 3.60. The lowest BCUT2D eigenvalue weighted by atomic mass is 9.95. The number of carbonyl (C=O) groups excluding carboxylic acids is 2. The number of carboxylic acid groups (broad SMARTS) is 1. The topological polar surface area (TPSA) is 94.9 Å². The molecule has 6 nitrogen and oxygen atoms in total. The maximum absolute atomic E-state index is 12.7. The average Bonchev–Trinajstić information content (AvgIpc) is 2.91. The fourth-order valence-corrected chi connectivity index (χ4v) is 3.18. The van der Waals surface area contributed by atoms with Gasteiger partial charge in [-0.3, -0.25) is 14.4 Å². The number of hydrogen-bond acceptors (Lipinski definition) is 4. The van der Waals surface area contributed by atoms with E-state index in [0.717, 1.165) is 5.56 Å². The molecule has 27 heavy (non-hydrogen) atoms. The third-order valence-electron chi connectivity index (χ3n) is 4.55. The van der Waals surface area contributed by atoms with Crippen LogP contribution in [-0.2, 0) is 14.4 Å². The summed E-state index contributed by atoms with van der Waals surface area (Å²) in [6.07, 6.45) is -0.291. The number of rotatable bonds is 5. The second-order valence-electron chi connectivity index (χ2n) is 6.41. The van der Waals surface area contributed by atoms with Crippen LogP contribution in [0.2, 0.25) is 0 Å². The Balaban J connectivity index is 2.13. The Hall–Kier alpha value is -3.41. The predicted molar refractivity (Wildman–Crippen MR) is 98.9 cm³/mol. The second-order valence-corrected chi connectivity index (χ2v) is 6.41. The highest BCUT2D eigenvalue weighted by molar-refractivity contribution is 6.46. The number of aliphatic hydroxyl groups excluding tert-OH is 1. The number of nitrogens with zero attached hydrogens (tertiary/aromatic N) is 1. The zero-order chi connectivity index (χ0) is 19.6. The number of amides is 1. The molecule has 1 saturated heterocycles. The van der Waals surface area contributed by atoms with Crippen LogP contribution < -0.4 is 0 Å². The normalized spacial score (nSPS) is 18.7. The number of carbonyl (C=O) groups is 3. The van der Waals surface area contributed by atoms with Crippen LogP contribution >= 0.6 is 0 Å². The largest absolute Gasteiger partial charge is 0.507 e. The van der Waals surface area contributed by atoms with E-state index in [2.05, 4.69) is 0 Å². The van der Waals surface area contributed by atoms with Gasteiger partial charge in [-0.25, -0.2) is 0 Å². The van der Waals surface area contributed by atoms with Gasteiger partial charge in [-0.2, -0.15) is 0 Å². The lowest BCUT2D eigenvalue weighted by Crippen LogP contribution is -2.31. The first-order valence-corrected chi connectivity index (χ1v) is 8.52. The molecule has 3 rings (SSSR count). The minimum absolute atomic E-state index is 0.0274. The van der Waals surface area contributed by atoms with E-state index in [1.165, 1.54) is 4.90 Å². The Morgan fingerprint density at radius 3 is 2.22 bits per heavy atom. The number of hydrogen-bond donors (Lipinski definition) is 2. The molecule has 0 aromatic heterocycles. The van der Waals surface area contributed by atoms with Crippen molar-refractivity contribution in [2.24, 2.45) is 0 Å². The summed E-state index contributed by atoms with van der Waals surface area (Å²) < 4.78 is 0. The van der Waals surface area contributed by atoms with Crippen molar-refractivity contribution in [2.75, 3.05) is 6.54 Å². The molecule has 6 heteroatoms. The Kier molecular flexibility index (Phi) is 5.07. The predicted octanol–water partition coefficient (Wildman–Crippen LogP) is 2.89. The summed E-state index contributed by atoms with van der Waals surface area (Å²) in [5, 5.41) is 19.8. The van der Waals surface area contributed by atoms with Crippen molar-refractivity contribution in [3.8, 4) is 0 Å². The van der Waals surface area contributed by atoms with Crippen LogP contribution in [-0.4, -0.2) is 39.3 Å². The van der Waals surface area contributed by atoms with Gasteiger partial charge in [-0.05, 0) is 12.5 Å². The molecule has 1 heterocycles. The monoisotopic (exact) mass is 365 g/mol. The molecule has 2 aromatic carbocycles. The van der Waals surface area contributed by atoms with Crippen molar-refractivity contribution in [3.63, 3.8) is 0 Å². The van der Waals surface area contributed by atoms with Gasteiger partial charge >= 0.3 is 5.97 Å². The van der Waals surface area contributed by atoms with Crippen LogP contribution in [0.1, 0.15) is 29.2 Å². The number of benzene rings is 2. The molecule has 0 unspecified atom stereocenters. The molecule has 138 valence electrons. The van der Waals surface area contributed by atoms with Gasteiger partial charge in [-0.15, -0.1) is 0 Å². The summed E-state index contributed by atoms with van der Waals surface area (Å²) in [7, 11) is 0. The zero-order valence-electron chi connectivity index (χ0n) is 14.8. The maximum Gasteiger partial charge on any atom is 0.305 e. The summed E-state index contributed by atoms with van der Waals surface area (Å²) in [4.78, 5) is 37.4. The lowest BCUT2D eigenvalue weighted by molar-refractivity contribution is -0.142. The highest BCUT2D eigenvalue weighted by Gasteiger charge is 2.45. The third-order valence-corrected chi connectivity index (χ3v) is 4.55. The molecule has 0 radical (unpaired) electrons. The van der Waals surface area contributed by atoms with Crippen molar-refractivity contribution >= 4 is 23.4 Å². The van der Waals surface area contributed by atoms with E-state index in [9.17, 15) is 19.5 Å². The van der Waals surface area contributed by atoms with Gasteiger partial charge in [0.25, 0.3) is 11.7 Å². The van der Waals surface area contributed by atoms with E-state index in [0.29, 0.717) is 11.1 Å². The van der Waals surface area contributed by atoms with Gasteiger partial charge < -0.3 is 15.1 Å². The molecule has 0 saturated carbocycles. The molecule has 0 bridgehead atoms. The molecule has 1 fully saturated rings. The van der Waals surface area contributed by atoms with Gasteiger partial charge in [-0.1, -0.05) is 60.2 Å². The van der Waals surface area contributed by atoms with Crippen LogP contribution in [0.15, 0.2) is 60.2 Å². The van der Waals surface area contributed by atoms with Gasteiger partial charge in [0.1, 0.15) is 5.76 Å². The summed E-state index contributed by atoms with van der Waals surface area (Å²) >= 11 is 0. The summed E-state index contributed by atoms with van der Waals surface area (Å²) in [5.74, 6) is -2.95. The van der Waals surface area contributed by atoms with E-state index in [1.54, 1.807) is 54.6 Å². The molecule has 1 amide bonds.